The second-order valence-corrected chi connectivity index (χ2v) is 5.01. The molecule has 0 radical (unpaired) electrons. The van der Waals surface area contributed by atoms with Crippen molar-refractivity contribution in [2.24, 2.45) is 5.73 Å². The van der Waals surface area contributed by atoms with Crippen molar-refractivity contribution >= 4 is 15.9 Å². The molecule has 0 saturated heterocycles. The third-order valence-electron chi connectivity index (χ3n) is 2.56. The number of methoxy groups -OCH3 is 1. The van der Waals surface area contributed by atoms with Crippen LogP contribution in [0.3, 0.4) is 0 Å². The van der Waals surface area contributed by atoms with Gasteiger partial charge in [0, 0.05) is 24.6 Å². The van der Waals surface area contributed by atoms with Crippen molar-refractivity contribution in [3.63, 3.8) is 0 Å². The molecule has 0 aliphatic heterocycles. The maximum Gasteiger partial charge on any atom is 0.122 e. The van der Waals surface area contributed by atoms with Crippen molar-refractivity contribution in [3.05, 3.63) is 28.2 Å². The third-order valence-corrected chi connectivity index (χ3v) is 3.05. The Morgan fingerprint density at radius 2 is 2.00 bits per heavy atom. The highest BCUT2D eigenvalue weighted by molar-refractivity contribution is 9.10. The van der Waals surface area contributed by atoms with Crippen LogP contribution in [-0.2, 0) is 15.9 Å². The van der Waals surface area contributed by atoms with Gasteiger partial charge in [0.2, 0.25) is 0 Å². The standard InChI is InChI=1S/C14H22BrNO3/c1-17-9-10-18-7-2-8-19-14-4-3-13(15)11-12(14)5-6-16/h3-4,11H,2,5-10,16H2,1H3. The van der Waals surface area contributed by atoms with Gasteiger partial charge in [-0.25, -0.2) is 0 Å². The van der Waals surface area contributed by atoms with Gasteiger partial charge < -0.3 is 19.9 Å². The first-order valence-corrected chi connectivity index (χ1v) is 7.25. The van der Waals surface area contributed by atoms with Gasteiger partial charge in [0.05, 0.1) is 19.8 Å². The lowest BCUT2D eigenvalue weighted by atomic mass is 10.1. The predicted molar refractivity (Wildman–Crippen MR) is 79.7 cm³/mol. The van der Waals surface area contributed by atoms with Crippen molar-refractivity contribution in [1.82, 2.24) is 0 Å². The molecule has 0 aromatic heterocycles. The molecule has 0 bridgehead atoms. The molecule has 0 amide bonds. The van der Waals surface area contributed by atoms with E-state index < -0.39 is 0 Å². The van der Waals surface area contributed by atoms with Gasteiger partial charge >= 0.3 is 0 Å². The molecular formula is C14H22BrNO3. The summed E-state index contributed by atoms with van der Waals surface area (Å²) < 4.78 is 17.1. The van der Waals surface area contributed by atoms with E-state index >= 15 is 0 Å². The zero-order chi connectivity index (χ0) is 13.9. The summed E-state index contributed by atoms with van der Waals surface area (Å²) in [5.41, 5.74) is 6.74. The number of hydrogen-bond acceptors (Lipinski definition) is 4. The van der Waals surface area contributed by atoms with Gasteiger partial charge in [-0.15, -0.1) is 0 Å². The molecular weight excluding hydrogens is 310 g/mol. The van der Waals surface area contributed by atoms with E-state index in [9.17, 15) is 0 Å². The normalized spacial score (nSPS) is 10.7. The van der Waals surface area contributed by atoms with Crippen LogP contribution in [0.1, 0.15) is 12.0 Å². The summed E-state index contributed by atoms with van der Waals surface area (Å²) in [6, 6.07) is 6.00. The van der Waals surface area contributed by atoms with Crippen molar-refractivity contribution in [2.45, 2.75) is 12.8 Å². The average Bonchev–Trinajstić information content (AvgIpc) is 2.40. The second kappa shape index (κ2) is 10.2. The average molecular weight is 332 g/mol. The van der Waals surface area contributed by atoms with Gasteiger partial charge in [0.25, 0.3) is 0 Å². The Balaban J connectivity index is 2.28. The minimum Gasteiger partial charge on any atom is -0.493 e. The molecule has 0 atom stereocenters. The molecule has 0 saturated carbocycles. The van der Waals surface area contributed by atoms with E-state index in [-0.39, 0.29) is 0 Å². The summed E-state index contributed by atoms with van der Waals surface area (Å²) in [6.45, 7) is 3.21. The molecule has 0 fully saturated rings. The van der Waals surface area contributed by atoms with Crippen LogP contribution in [-0.4, -0.2) is 40.1 Å². The van der Waals surface area contributed by atoms with Crippen LogP contribution < -0.4 is 10.5 Å². The number of hydrogen-bond donors (Lipinski definition) is 1. The molecule has 0 spiro atoms. The van der Waals surface area contributed by atoms with E-state index in [0.717, 1.165) is 28.6 Å². The largest absolute Gasteiger partial charge is 0.493 e. The van der Waals surface area contributed by atoms with Crippen molar-refractivity contribution < 1.29 is 14.2 Å². The molecule has 5 heteroatoms. The van der Waals surface area contributed by atoms with Crippen LogP contribution in [0.15, 0.2) is 22.7 Å². The molecule has 108 valence electrons. The lowest BCUT2D eigenvalue weighted by molar-refractivity contribution is 0.0644. The summed E-state index contributed by atoms with van der Waals surface area (Å²) in [7, 11) is 1.67. The molecule has 1 aromatic carbocycles. The Hall–Kier alpha value is -0.620. The quantitative estimate of drug-likeness (QED) is 0.669. The monoisotopic (exact) mass is 331 g/mol. The van der Waals surface area contributed by atoms with E-state index in [2.05, 4.69) is 22.0 Å². The van der Waals surface area contributed by atoms with E-state index in [1.807, 2.05) is 12.1 Å². The molecule has 0 aliphatic carbocycles. The van der Waals surface area contributed by atoms with Crippen LogP contribution in [0.2, 0.25) is 0 Å². The first kappa shape index (κ1) is 16.4. The van der Waals surface area contributed by atoms with E-state index in [4.69, 9.17) is 19.9 Å². The first-order valence-electron chi connectivity index (χ1n) is 6.46. The second-order valence-electron chi connectivity index (χ2n) is 4.10. The molecule has 4 nitrogen and oxygen atoms in total. The van der Waals surface area contributed by atoms with Gasteiger partial charge in [0.1, 0.15) is 5.75 Å². The maximum absolute atomic E-state index is 5.76. The Morgan fingerprint density at radius 1 is 1.16 bits per heavy atom. The number of halogens is 1. The van der Waals surface area contributed by atoms with Gasteiger partial charge in [-0.2, -0.15) is 0 Å². The first-order chi connectivity index (χ1) is 9.27. The Bertz CT molecular complexity index is 361. The highest BCUT2D eigenvalue weighted by Gasteiger charge is 2.04. The van der Waals surface area contributed by atoms with Crippen molar-refractivity contribution in [2.75, 3.05) is 40.1 Å². The molecule has 0 unspecified atom stereocenters. The van der Waals surface area contributed by atoms with E-state index in [0.29, 0.717) is 33.0 Å². The lowest BCUT2D eigenvalue weighted by Crippen LogP contribution is -2.09. The number of ether oxygens (including phenoxy) is 3. The van der Waals surface area contributed by atoms with Gasteiger partial charge in [-0.05, 0) is 36.7 Å². The SMILES string of the molecule is COCCOCCCOc1ccc(Br)cc1CCN. The lowest BCUT2D eigenvalue weighted by Gasteiger charge is -2.11. The van der Waals surface area contributed by atoms with E-state index in [1.165, 1.54) is 0 Å². The molecule has 0 heterocycles. The van der Waals surface area contributed by atoms with Crippen LogP contribution in [0.25, 0.3) is 0 Å². The van der Waals surface area contributed by atoms with E-state index in [1.54, 1.807) is 7.11 Å². The minimum atomic E-state index is 0.618. The smallest absolute Gasteiger partial charge is 0.122 e. The summed E-state index contributed by atoms with van der Waals surface area (Å²) in [5.74, 6) is 0.908. The fourth-order valence-corrected chi connectivity index (χ4v) is 2.04. The van der Waals surface area contributed by atoms with Gasteiger partial charge in [-0.3, -0.25) is 0 Å². The van der Waals surface area contributed by atoms with Gasteiger partial charge in [0.15, 0.2) is 0 Å². The highest BCUT2D eigenvalue weighted by Crippen LogP contribution is 2.23. The molecule has 0 aliphatic rings. The van der Waals surface area contributed by atoms with Crippen LogP contribution in [0, 0.1) is 0 Å². The summed E-state index contributed by atoms with van der Waals surface area (Å²) >= 11 is 3.46. The number of rotatable bonds is 10. The predicted octanol–water partition coefficient (Wildman–Crippen LogP) is 2.38. The van der Waals surface area contributed by atoms with Crippen molar-refractivity contribution in [1.29, 1.82) is 0 Å². The third kappa shape index (κ3) is 6.92. The molecule has 1 aromatic rings. The zero-order valence-corrected chi connectivity index (χ0v) is 12.9. The minimum absolute atomic E-state index is 0.618. The summed E-state index contributed by atoms with van der Waals surface area (Å²) in [6.07, 6.45) is 1.68. The molecule has 2 N–H and O–H groups in total. The van der Waals surface area contributed by atoms with Gasteiger partial charge in [-0.1, -0.05) is 15.9 Å². The molecule has 1 rings (SSSR count). The molecule has 19 heavy (non-hydrogen) atoms. The fraction of sp³-hybridized carbons (Fsp3) is 0.571. The zero-order valence-electron chi connectivity index (χ0n) is 11.4. The number of benzene rings is 1. The van der Waals surface area contributed by atoms with Crippen LogP contribution in [0.4, 0.5) is 0 Å². The Labute approximate surface area is 123 Å². The maximum atomic E-state index is 5.76. The van der Waals surface area contributed by atoms with Crippen LogP contribution in [0.5, 0.6) is 5.75 Å². The van der Waals surface area contributed by atoms with Crippen LogP contribution >= 0.6 is 15.9 Å². The summed E-state index contributed by atoms with van der Waals surface area (Å²) in [5, 5.41) is 0. The fourth-order valence-electron chi connectivity index (χ4n) is 1.63. The topological polar surface area (TPSA) is 53.7 Å². The highest BCUT2D eigenvalue weighted by atomic mass is 79.9. The van der Waals surface area contributed by atoms with Crippen molar-refractivity contribution in [3.8, 4) is 5.75 Å². The summed E-state index contributed by atoms with van der Waals surface area (Å²) in [4.78, 5) is 0. The number of nitrogens with two attached hydrogens (primary N) is 1. The Kier molecular flexibility index (Phi) is 8.82. The Morgan fingerprint density at radius 3 is 2.74 bits per heavy atom.